The van der Waals surface area contributed by atoms with Crippen LogP contribution in [0.4, 0.5) is 14.5 Å². The molecule has 198 valence electrons. The van der Waals surface area contributed by atoms with Crippen LogP contribution in [-0.4, -0.2) is 28.1 Å². The number of nitrogens with zero attached hydrogens (tertiary/aromatic N) is 2. The quantitative estimate of drug-likeness (QED) is 0.216. The molecule has 4 nitrogen and oxygen atoms in total. The molecule has 5 aromatic rings. The van der Waals surface area contributed by atoms with Gasteiger partial charge in [0.05, 0.1) is 22.0 Å². The molecule has 1 aliphatic heterocycles. The van der Waals surface area contributed by atoms with Crippen molar-refractivity contribution in [1.82, 2.24) is 3.97 Å². The Morgan fingerprint density at radius 2 is 1.74 bits per heavy atom. The van der Waals surface area contributed by atoms with Crippen LogP contribution >= 0.6 is 23.3 Å². The largest absolute Gasteiger partial charge is 0.481 e. The average molecular weight is 561 g/mol. The van der Waals surface area contributed by atoms with Crippen LogP contribution in [0.3, 0.4) is 0 Å². The summed E-state index contributed by atoms with van der Waals surface area (Å²) in [6.45, 7) is 4.96. The molecule has 0 saturated carbocycles. The number of rotatable bonds is 7. The smallest absolute Gasteiger partial charge is 0.310 e. The van der Waals surface area contributed by atoms with E-state index >= 15 is 0 Å². The van der Waals surface area contributed by atoms with Gasteiger partial charge in [0.25, 0.3) is 6.43 Å². The summed E-state index contributed by atoms with van der Waals surface area (Å²) in [7, 11) is 0. The lowest BCUT2D eigenvalue weighted by Crippen LogP contribution is -2.50. The molecule has 1 saturated heterocycles. The van der Waals surface area contributed by atoms with Crippen molar-refractivity contribution in [2.24, 2.45) is 5.92 Å². The monoisotopic (exact) mass is 560 g/mol. The van der Waals surface area contributed by atoms with Crippen molar-refractivity contribution in [2.75, 3.05) is 18.0 Å². The Kier molecular flexibility index (Phi) is 6.69. The molecule has 2 aromatic heterocycles. The summed E-state index contributed by atoms with van der Waals surface area (Å²) in [4.78, 5) is 14.5. The predicted octanol–water partition coefficient (Wildman–Crippen LogP) is 8.67. The maximum absolute atomic E-state index is 14.2. The van der Waals surface area contributed by atoms with E-state index in [0.29, 0.717) is 18.7 Å². The molecule has 1 aliphatic rings. The number of halogens is 2. The van der Waals surface area contributed by atoms with Crippen molar-refractivity contribution in [3.8, 4) is 22.4 Å². The van der Waals surface area contributed by atoms with Crippen molar-refractivity contribution in [3.63, 3.8) is 0 Å². The molecule has 39 heavy (non-hydrogen) atoms. The summed E-state index contributed by atoms with van der Waals surface area (Å²) in [6, 6.07) is 24.2. The van der Waals surface area contributed by atoms with Crippen LogP contribution in [0.2, 0.25) is 0 Å². The zero-order valence-corrected chi connectivity index (χ0v) is 23.0. The zero-order chi connectivity index (χ0) is 27.3. The third-order valence-electron chi connectivity index (χ3n) is 7.18. The van der Waals surface area contributed by atoms with Crippen molar-refractivity contribution < 1.29 is 18.7 Å². The number of carboxylic acid groups (broad SMARTS) is 1. The summed E-state index contributed by atoms with van der Waals surface area (Å²) >= 11 is 2.64. The van der Waals surface area contributed by atoms with Gasteiger partial charge in [-0.15, -0.1) is 11.3 Å². The molecule has 1 fully saturated rings. The molecule has 0 atom stereocenters. The number of hydrogen-bond acceptors (Lipinski definition) is 4. The number of benzene rings is 3. The molecule has 0 radical (unpaired) electrons. The van der Waals surface area contributed by atoms with Crippen LogP contribution < -0.4 is 4.90 Å². The van der Waals surface area contributed by atoms with E-state index in [1.54, 1.807) is 23.4 Å². The minimum absolute atomic E-state index is 0.0559. The van der Waals surface area contributed by atoms with Gasteiger partial charge in [0, 0.05) is 45.7 Å². The number of aromatic nitrogens is 1. The molecule has 0 aliphatic carbocycles. The van der Waals surface area contributed by atoms with Crippen LogP contribution in [0.5, 0.6) is 0 Å². The second-order valence-corrected chi connectivity index (χ2v) is 11.9. The number of aryl methyl sites for hydroxylation is 2. The number of aliphatic carboxylic acids is 1. The highest BCUT2D eigenvalue weighted by molar-refractivity contribution is 7.98. The van der Waals surface area contributed by atoms with Gasteiger partial charge in [-0.05, 0) is 73.6 Å². The lowest BCUT2D eigenvalue weighted by molar-refractivity contribution is -0.142. The molecule has 0 amide bonds. The van der Waals surface area contributed by atoms with Gasteiger partial charge < -0.3 is 10.0 Å². The molecule has 0 unspecified atom stereocenters. The van der Waals surface area contributed by atoms with Gasteiger partial charge in [-0.25, -0.2) is 8.78 Å². The molecule has 0 spiro atoms. The molecular formula is C31H26F2N2O2S2. The van der Waals surface area contributed by atoms with Crippen molar-refractivity contribution in [3.05, 3.63) is 94.2 Å². The fraction of sp³-hybridized carbons (Fsp3) is 0.194. The summed E-state index contributed by atoms with van der Waals surface area (Å²) in [5.74, 6) is -1.16. The maximum Gasteiger partial charge on any atom is 0.310 e. The molecule has 6 rings (SSSR count). The number of anilines is 1. The van der Waals surface area contributed by atoms with E-state index in [0.717, 1.165) is 60.8 Å². The summed E-state index contributed by atoms with van der Waals surface area (Å²) in [6.07, 6.45) is -2.58. The average Bonchev–Trinajstić information content (AvgIpc) is 3.47. The Labute approximate surface area is 233 Å². The Morgan fingerprint density at radius 3 is 2.46 bits per heavy atom. The van der Waals surface area contributed by atoms with E-state index in [1.165, 1.54) is 0 Å². The van der Waals surface area contributed by atoms with E-state index in [4.69, 9.17) is 0 Å². The van der Waals surface area contributed by atoms with Gasteiger partial charge in [0.2, 0.25) is 0 Å². The van der Waals surface area contributed by atoms with Gasteiger partial charge >= 0.3 is 5.97 Å². The fourth-order valence-electron chi connectivity index (χ4n) is 5.10. The highest BCUT2D eigenvalue weighted by Gasteiger charge is 2.33. The molecule has 3 aromatic carbocycles. The predicted molar refractivity (Wildman–Crippen MR) is 156 cm³/mol. The number of fused-ring (bicyclic) bond motifs is 1. The van der Waals surface area contributed by atoms with Gasteiger partial charge in [0.15, 0.2) is 0 Å². The van der Waals surface area contributed by atoms with E-state index in [1.807, 2.05) is 49.1 Å². The Hall–Kier alpha value is -3.62. The zero-order valence-electron chi connectivity index (χ0n) is 21.4. The van der Waals surface area contributed by atoms with E-state index in [2.05, 4.69) is 40.4 Å². The summed E-state index contributed by atoms with van der Waals surface area (Å²) in [5.41, 5.74) is 7.15. The lowest BCUT2D eigenvalue weighted by Gasteiger charge is -2.38. The minimum atomic E-state index is -2.58. The van der Waals surface area contributed by atoms with E-state index in [-0.39, 0.29) is 10.8 Å². The van der Waals surface area contributed by atoms with Crippen LogP contribution in [-0.2, 0) is 4.79 Å². The molecule has 1 N–H and O–H groups in total. The fourth-order valence-corrected chi connectivity index (χ4v) is 6.87. The molecule has 8 heteroatoms. The number of carbonyl (C=O) groups is 1. The van der Waals surface area contributed by atoms with E-state index in [9.17, 15) is 18.7 Å². The molecule has 3 heterocycles. The summed E-state index contributed by atoms with van der Waals surface area (Å²) in [5, 5.41) is 12.0. The second kappa shape index (κ2) is 10.2. The number of thiophene rings is 1. The van der Waals surface area contributed by atoms with Gasteiger partial charge in [-0.1, -0.05) is 41.5 Å². The first-order valence-electron chi connectivity index (χ1n) is 12.6. The van der Waals surface area contributed by atoms with Crippen LogP contribution in [0.15, 0.2) is 83.1 Å². The maximum atomic E-state index is 14.2. The first-order chi connectivity index (χ1) is 18.8. The Balaban J connectivity index is 1.59. The van der Waals surface area contributed by atoms with Gasteiger partial charge in [-0.2, -0.15) is 0 Å². The van der Waals surface area contributed by atoms with Gasteiger partial charge in [-0.3, -0.25) is 8.77 Å². The number of hydrogen-bond donors (Lipinski definition) is 1. The van der Waals surface area contributed by atoms with Crippen molar-refractivity contribution in [2.45, 2.75) is 25.2 Å². The van der Waals surface area contributed by atoms with Gasteiger partial charge in [0.1, 0.15) is 0 Å². The van der Waals surface area contributed by atoms with Crippen molar-refractivity contribution in [1.29, 1.82) is 0 Å². The second-order valence-electron chi connectivity index (χ2n) is 9.93. The highest BCUT2D eigenvalue weighted by atomic mass is 32.2. The molecule has 0 bridgehead atoms. The first-order valence-corrected chi connectivity index (χ1v) is 14.3. The highest BCUT2D eigenvalue weighted by Crippen LogP contribution is 2.48. The Bertz CT molecular complexity index is 1690. The van der Waals surface area contributed by atoms with E-state index < -0.39 is 12.4 Å². The minimum Gasteiger partial charge on any atom is -0.481 e. The Morgan fingerprint density at radius 1 is 1.00 bits per heavy atom. The summed E-state index contributed by atoms with van der Waals surface area (Å²) < 4.78 is 30.6. The van der Waals surface area contributed by atoms with Crippen LogP contribution in [0, 0.1) is 19.8 Å². The third kappa shape index (κ3) is 4.72. The van der Waals surface area contributed by atoms with Crippen LogP contribution in [0.25, 0.3) is 33.3 Å². The topological polar surface area (TPSA) is 45.5 Å². The standard InChI is InChI=1S/C31H26F2N2O2S2/c1-18-6-9-23(10-7-18)39-35-26-11-8-19(2)14-25(26)27(24-12-13-38-29(24)30(32)33)28(35)20-4-3-5-22(15-20)34-16-21(17-34)31(36)37/h3-15,21,30H,16-17H2,1-2H3,(H,36,37). The number of alkyl halides is 2. The first kappa shape index (κ1) is 25.6. The third-order valence-corrected chi connectivity index (χ3v) is 9.15. The lowest BCUT2D eigenvalue weighted by atomic mass is 9.96. The number of carboxylic acids is 1. The van der Waals surface area contributed by atoms with Crippen molar-refractivity contribution >= 4 is 45.8 Å². The SMILES string of the molecule is Cc1ccc(Sn2c(-c3cccc(N4CC(C(=O)O)C4)c3)c(-c3ccsc3C(F)F)c3cc(C)ccc32)cc1. The molecular weight excluding hydrogens is 534 g/mol. The van der Waals surface area contributed by atoms with Crippen LogP contribution in [0.1, 0.15) is 22.4 Å². The normalized spacial score (nSPS) is 13.8.